The molecule has 1 N–H and O–H groups in total. The molecule has 0 aromatic rings. The number of nitrogens with zero attached hydrogens (tertiary/aromatic N) is 1. The molecule has 1 rings (SSSR count). The van der Waals surface area contributed by atoms with E-state index in [4.69, 9.17) is 0 Å². The van der Waals surface area contributed by atoms with Crippen LogP contribution in [0, 0.1) is 0 Å². The van der Waals surface area contributed by atoms with E-state index in [1.165, 1.54) is 0 Å². The molecule has 1 amide bonds. The molecule has 1 aliphatic heterocycles. The predicted octanol–water partition coefficient (Wildman–Crippen LogP) is 2.23. The highest BCUT2D eigenvalue weighted by Gasteiger charge is 2.28. The third kappa shape index (κ3) is 6.46. The van der Waals surface area contributed by atoms with E-state index in [0.717, 1.165) is 18.6 Å². The third-order valence-electron chi connectivity index (χ3n) is 3.89. The molecular formula is C15H30N2O3S2. The van der Waals surface area contributed by atoms with Crippen molar-refractivity contribution in [2.24, 2.45) is 0 Å². The summed E-state index contributed by atoms with van der Waals surface area (Å²) in [7, 11) is -3.10. The van der Waals surface area contributed by atoms with Crippen LogP contribution in [0.3, 0.4) is 0 Å². The molecule has 0 bridgehead atoms. The molecule has 0 aliphatic carbocycles. The van der Waals surface area contributed by atoms with Gasteiger partial charge in [0.1, 0.15) is 0 Å². The summed E-state index contributed by atoms with van der Waals surface area (Å²) in [6, 6.07) is 0.106. The number of nitrogens with one attached hydrogen (secondary N) is 1. The first-order valence-electron chi connectivity index (χ1n) is 8.30. The van der Waals surface area contributed by atoms with E-state index in [2.05, 4.69) is 12.2 Å². The van der Waals surface area contributed by atoms with Gasteiger partial charge in [0.05, 0.1) is 11.0 Å². The Morgan fingerprint density at radius 3 is 2.45 bits per heavy atom. The molecule has 0 radical (unpaired) electrons. The summed E-state index contributed by atoms with van der Waals surface area (Å²) in [5, 5.41) is 3.03. The third-order valence-corrected chi connectivity index (χ3v) is 7.21. The van der Waals surface area contributed by atoms with Crippen LogP contribution in [0.4, 0.5) is 0 Å². The number of hydrogen-bond donors (Lipinski definition) is 1. The largest absolute Gasteiger partial charge is 0.352 e. The average Bonchev–Trinajstić information content (AvgIpc) is 2.48. The Bertz CT molecular complexity index is 432. The second-order valence-electron chi connectivity index (χ2n) is 5.86. The fourth-order valence-electron chi connectivity index (χ4n) is 2.46. The van der Waals surface area contributed by atoms with E-state index >= 15 is 0 Å². The van der Waals surface area contributed by atoms with Crippen LogP contribution in [0.5, 0.6) is 0 Å². The van der Waals surface area contributed by atoms with Crippen LogP contribution in [-0.4, -0.2) is 54.5 Å². The first-order valence-corrected chi connectivity index (χ1v) is 11.0. The Morgan fingerprint density at radius 2 is 1.91 bits per heavy atom. The minimum Gasteiger partial charge on any atom is -0.352 e. The van der Waals surface area contributed by atoms with Crippen molar-refractivity contribution in [3.8, 4) is 0 Å². The second-order valence-corrected chi connectivity index (χ2v) is 9.40. The van der Waals surface area contributed by atoms with Gasteiger partial charge in [0, 0.05) is 19.1 Å². The topological polar surface area (TPSA) is 66.5 Å². The highest BCUT2D eigenvalue weighted by molar-refractivity contribution is 8.00. The number of sulfonamides is 1. The molecule has 1 saturated heterocycles. The molecule has 130 valence electrons. The first-order chi connectivity index (χ1) is 10.4. The van der Waals surface area contributed by atoms with E-state index in [1.54, 1.807) is 16.1 Å². The van der Waals surface area contributed by atoms with Crippen LogP contribution in [0.25, 0.3) is 0 Å². The van der Waals surface area contributed by atoms with Crippen LogP contribution in [0.2, 0.25) is 0 Å². The molecule has 1 fully saturated rings. The number of unbranched alkanes of at least 4 members (excludes halogenated alkanes) is 1. The van der Waals surface area contributed by atoms with Crippen molar-refractivity contribution in [1.29, 1.82) is 0 Å². The Kier molecular flexibility index (Phi) is 8.79. The fraction of sp³-hybridized carbons (Fsp3) is 0.933. The number of hydrogen-bond acceptors (Lipinski definition) is 4. The van der Waals surface area contributed by atoms with E-state index < -0.39 is 10.0 Å². The second kappa shape index (κ2) is 9.78. The number of amides is 1. The lowest BCUT2D eigenvalue weighted by Gasteiger charge is -2.32. The highest BCUT2D eigenvalue weighted by Crippen LogP contribution is 2.17. The van der Waals surface area contributed by atoms with Gasteiger partial charge in [-0.25, -0.2) is 12.7 Å². The Morgan fingerprint density at radius 1 is 1.27 bits per heavy atom. The smallest absolute Gasteiger partial charge is 0.233 e. The van der Waals surface area contributed by atoms with E-state index in [-0.39, 0.29) is 23.0 Å². The summed E-state index contributed by atoms with van der Waals surface area (Å²) < 4.78 is 25.6. The van der Waals surface area contributed by atoms with Gasteiger partial charge in [-0.2, -0.15) is 0 Å². The zero-order chi connectivity index (χ0) is 16.6. The number of rotatable bonds is 9. The van der Waals surface area contributed by atoms with Gasteiger partial charge in [-0.05, 0) is 38.4 Å². The summed E-state index contributed by atoms with van der Waals surface area (Å²) >= 11 is 1.69. The summed E-state index contributed by atoms with van der Waals surface area (Å²) in [6.07, 6.45) is 4.34. The molecule has 1 aliphatic rings. The van der Waals surface area contributed by atoms with Crippen LogP contribution in [0.15, 0.2) is 0 Å². The first kappa shape index (κ1) is 19.8. The lowest BCUT2D eigenvalue weighted by Crippen LogP contribution is -2.48. The van der Waals surface area contributed by atoms with Crippen molar-refractivity contribution in [2.75, 3.05) is 24.6 Å². The van der Waals surface area contributed by atoms with Gasteiger partial charge in [0.2, 0.25) is 15.9 Å². The number of piperidine rings is 1. The molecule has 0 aromatic heterocycles. The molecule has 0 saturated carbocycles. The van der Waals surface area contributed by atoms with Gasteiger partial charge in [0.15, 0.2) is 0 Å². The summed E-state index contributed by atoms with van der Waals surface area (Å²) in [4.78, 5) is 12.1. The Labute approximate surface area is 139 Å². The zero-order valence-electron chi connectivity index (χ0n) is 14.0. The van der Waals surface area contributed by atoms with Crippen LogP contribution < -0.4 is 5.32 Å². The van der Waals surface area contributed by atoms with Crippen molar-refractivity contribution < 1.29 is 13.2 Å². The maximum absolute atomic E-state index is 12.1. The zero-order valence-corrected chi connectivity index (χ0v) is 15.6. The standard InChI is InChI=1S/C15H30N2O3S2/c1-4-6-11-21-13(3)15(18)16-14-7-9-17(10-8-14)22(19,20)12-5-2/h13-14H,4-12H2,1-3H3,(H,16,18). The summed E-state index contributed by atoms with van der Waals surface area (Å²) in [5.74, 6) is 1.31. The Balaban J connectivity index is 2.34. The predicted molar refractivity (Wildman–Crippen MR) is 93.6 cm³/mol. The van der Waals surface area contributed by atoms with Gasteiger partial charge in [0.25, 0.3) is 0 Å². The molecule has 0 aromatic carbocycles. The summed E-state index contributed by atoms with van der Waals surface area (Å²) in [6.45, 7) is 7.00. The molecule has 1 unspecified atom stereocenters. The van der Waals surface area contributed by atoms with E-state index in [1.807, 2.05) is 13.8 Å². The number of carbonyl (C=O) groups is 1. The normalized spacial score (nSPS) is 19.0. The van der Waals surface area contributed by atoms with Crippen molar-refractivity contribution in [3.63, 3.8) is 0 Å². The minimum absolute atomic E-state index is 0.0339. The molecular weight excluding hydrogens is 320 g/mol. The van der Waals surface area contributed by atoms with Gasteiger partial charge >= 0.3 is 0 Å². The highest BCUT2D eigenvalue weighted by atomic mass is 32.2. The lowest BCUT2D eigenvalue weighted by atomic mass is 10.1. The van der Waals surface area contributed by atoms with E-state index in [9.17, 15) is 13.2 Å². The molecule has 1 atom stereocenters. The number of carbonyl (C=O) groups excluding carboxylic acids is 1. The van der Waals surface area contributed by atoms with Crippen LogP contribution in [-0.2, 0) is 14.8 Å². The number of thioether (sulfide) groups is 1. The minimum atomic E-state index is -3.10. The maximum atomic E-state index is 12.1. The van der Waals surface area contributed by atoms with E-state index in [0.29, 0.717) is 32.4 Å². The Hall–Kier alpha value is -0.270. The maximum Gasteiger partial charge on any atom is 0.233 e. The van der Waals surface area contributed by atoms with Crippen LogP contribution in [0.1, 0.15) is 52.9 Å². The van der Waals surface area contributed by atoms with Crippen molar-refractivity contribution in [1.82, 2.24) is 9.62 Å². The molecule has 1 heterocycles. The quantitative estimate of drug-likeness (QED) is 0.648. The fourth-order valence-corrected chi connectivity index (χ4v) is 5.03. The molecule has 5 nitrogen and oxygen atoms in total. The van der Waals surface area contributed by atoms with Crippen molar-refractivity contribution in [3.05, 3.63) is 0 Å². The van der Waals surface area contributed by atoms with Crippen LogP contribution >= 0.6 is 11.8 Å². The molecule has 0 spiro atoms. The van der Waals surface area contributed by atoms with Crippen molar-refractivity contribution >= 4 is 27.7 Å². The monoisotopic (exact) mass is 350 g/mol. The van der Waals surface area contributed by atoms with Gasteiger partial charge in [-0.1, -0.05) is 20.3 Å². The van der Waals surface area contributed by atoms with Crippen molar-refractivity contribution in [2.45, 2.75) is 64.2 Å². The summed E-state index contributed by atoms with van der Waals surface area (Å²) in [5.41, 5.74) is 0. The van der Waals surface area contributed by atoms with Gasteiger partial charge < -0.3 is 5.32 Å². The lowest BCUT2D eigenvalue weighted by molar-refractivity contribution is -0.121. The SMILES string of the molecule is CCCCSC(C)C(=O)NC1CCN(S(=O)(=O)CCC)CC1. The average molecular weight is 351 g/mol. The molecule has 7 heteroatoms. The van der Waals surface area contributed by atoms with Gasteiger partial charge in [-0.15, -0.1) is 11.8 Å². The van der Waals surface area contributed by atoms with Gasteiger partial charge in [-0.3, -0.25) is 4.79 Å². The molecule has 22 heavy (non-hydrogen) atoms.